The minimum atomic E-state index is 0. The normalized spacial score (nSPS) is 20.0. The predicted molar refractivity (Wildman–Crippen MR) is 107 cm³/mol. The van der Waals surface area contributed by atoms with Crippen molar-refractivity contribution < 1.29 is 4.74 Å². The molecule has 4 nitrogen and oxygen atoms in total. The Labute approximate surface area is 157 Å². The third-order valence-electron chi connectivity index (χ3n) is 4.06. The molecule has 1 aromatic rings. The lowest BCUT2D eigenvalue weighted by atomic mass is 10.0. The maximum absolute atomic E-state index is 6.11. The molecule has 0 saturated carbocycles. The van der Waals surface area contributed by atoms with Crippen LogP contribution in [0.25, 0.3) is 0 Å². The fourth-order valence-electron chi connectivity index (χ4n) is 2.75. The molecule has 130 valence electrons. The molecule has 1 heterocycles. The second kappa shape index (κ2) is 10.9. The van der Waals surface area contributed by atoms with Crippen LogP contribution in [0.5, 0.6) is 0 Å². The molecule has 1 saturated heterocycles. The highest BCUT2D eigenvalue weighted by Gasteiger charge is 2.17. The molecule has 2 N–H and O–H groups in total. The number of rotatable bonds is 6. The lowest BCUT2D eigenvalue weighted by Gasteiger charge is -2.31. The summed E-state index contributed by atoms with van der Waals surface area (Å²) in [4.78, 5) is 6.76. The van der Waals surface area contributed by atoms with Crippen LogP contribution in [0.1, 0.15) is 32.3 Å². The van der Waals surface area contributed by atoms with Gasteiger partial charge in [-0.1, -0.05) is 44.2 Å². The molecule has 2 atom stereocenters. The summed E-state index contributed by atoms with van der Waals surface area (Å²) in [6, 6.07) is 10.3. The first-order chi connectivity index (χ1) is 10.6. The van der Waals surface area contributed by atoms with Crippen LogP contribution in [0.15, 0.2) is 35.3 Å². The van der Waals surface area contributed by atoms with E-state index < -0.39 is 0 Å². The Hall–Kier alpha value is -0.820. The number of piperidine rings is 1. The third kappa shape index (κ3) is 7.52. The fraction of sp³-hybridized carbons (Fsp3) is 0.611. The monoisotopic (exact) mass is 431 g/mol. The predicted octanol–water partition coefficient (Wildman–Crippen LogP) is 3.50. The van der Waals surface area contributed by atoms with Crippen LogP contribution in [0.4, 0.5) is 0 Å². The number of nitrogens with two attached hydrogens (primary N) is 1. The molecule has 1 fully saturated rings. The summed E-state index contributed by atoms with van der Waals surface area (Å²) in [6.07, 6.45) is 2.51. The van der Waals surface area contributed by atoms with Crippen LogP contribution in [0.2, 0.25) is 0 Å². The van der Waals surface area contributed by atoms with Gasteiger partial charge in [-0.05, 0) is 30.2 Å². The van der Waals surface area contributed by atoms with E-state index in [-0.39, 0.29) is 24.0 Å². The highest BCUT2D eigenvalue weighted by atomic mass is 127. The summed E-state index contributed by atoms with van der Waals surface area (Å²) < 4.78 is 5.75. The van der Waals surface area contributed by atoms with Crippen LogP contribution in [-0.2, 0) is 11.3 Å². The van der Waals surface area contributed by atoms with Crippen molar-refractivity contribution in [1.29, 1.82) is 0 Å². The molecule has 5 heteroatoms. The quantitative estimate of drug-likeness (QED) is 0.426. The van der Waals surface area contributed by atoms with Gasteiger partial charge in [-0.15, -0.1) is 24.0 Å². The van der Waals surface area contributed by atoms with E-state index in [1.807, 2.05) is 18.2 Å². The van der Waals surface area contributed by atoms with E-state index in [4.69, 9.17) is 10.5 Å². The van der Waals surface area contributed by atoms with Gasteiger partial charge in [0.25, 0.3) is 0 Å². The van der Waals surface area contributed by atoms with Crippen LogP contribution in [-0.4, -0.2) is 37.1 Å². The minimum Gasteiger partial charge on any atom is -0.376 e. The highest BCUT2D eigenvalue weighted by molar-refractivity contribution is 14.0. The van der Waals surface area contributed by atoms with Crippen LogP contribution in [0, 0.1) is 11.8 Å². The molecule has 0 bridgehead atoms. The number of ether oxygens (including phenoxy) is 1. The molecule has 23 heavy (non-hydrogen) atoms. The Balaban J connectivity index is 0.00000264. The van der Waals surface area contributed by atoms with Gasteiger partial charge in [0, 0.05) is 19.6 Å². The van der Waals surface area contributed by atoms with Crippen molar-refractivity contribution in [2.75, 3.05) is 26.2 Å². The van der Waals surface area contributed by atoms with Gasteiger partial charge in [0.1, 0.15) is 0 Å². The Bertz CT molecular complexity index is 467. The summed E-state index contributed by atoms with van der Waals surface area (Å²) in [5.41, 5.74) is 7.32. The molecule has 2 unspecified atom stereocenters. The minimum absolute atomic E-state index is 0. The van der Waals surface area contributed by atoms with Crippen LogP contribution < -0.4 is 5.73 Å². The van der Waals surface area contributed by atoms with E-state index in [0.29, 0.717) is 31.0 Å². The number of guanidine groups is 1. The lowest BCUT2D eigenvalue weighted by Crippen LogP contribution is -2.43. The zero-order valence-electron chi connectivity index (χ0n) is 14.3. The van der Waals surface area contributed by atoms with E-state index in [9.17, 15) is 0 Å². The largest absolute Gasteiger partial charge is 0.376 e. The van der Waals surface area contributed by atoms with Crippen LogP contribution in [0.3, 0.4) is 0 Å². The van der Waals surface area contributed by atoms with Gasteiger partial charge in [-0.25, -0.2) is 0 Å². The molecule has 0 spiro atoms. The molecule has 0 amide bonds. The molecule has 1 aliphatic rings. The molecule has 0 radical (unpaired) electrons. The van der Waals surface area contributed by atoms with Gasteiger partial charge in [0.2, 0.25) is 0 Å². The van der Waals surface area contributed by atoms with Crippen molar-refractivity contribution in [3.05, 3.63) is 35.9 Å². The topological polar surface area (TPSA) is 50.8 Å². The van der Waals surface area contributed by atoms with E-state index in [1.54, 1.807) is 0 Å². The van der Waals surface area contributed by atoms with Crippen molar-refractivity contribution in [2.24, 2.45) is 22.6 Å². The number of hydrogen-bond donors (Lipinski definition) is 1. The first kappa shape index (κ1) is 20.2. The molecule has 1 aliphatic heterocycles. The van der Waals surface area contributed by atoms with Gasteiger partial charge in [-0.2, -0.15) is 0 Å². The smallest absolute Gasteiger partial charge is 0.191 e. The average Bonchev–Trinajstić information content (AvgIpc) is 2.53. The number of likely N-dealkylation sites (tertiary alicyclic amines) is 1. The Kier molecular flexibility index (Phi) is 9.55. The first-order valence-electron chi connectivity index (χ1n) is 8.31. The van der Waals surface area contributed by atoms with E-state index in [1.165, 1.54) is 18.4 Å². The molecular weight excluding hydrogens is 401 g/mol. The third-order valence-corrected chi connectivity index (χ3v) is 4.06. The Morgan fingerprint density at radius 2 is 2.13 bits per heavy atom. The molecule has 2 rings (SSSR count). The van der Waals surface area contributed by atoms with Gasteiger partial charge < -0.3 is 15.4 Å². The van der Waals surface area contributed by atoms with E-state index in [2.05, 4.69) is 35.9 Å². The Morgan fingerprint density at radius 1 is 1.39 bits per heavy atom. The van der Waals surface area contributed by atoms with Gasteiger partial charge in [0.05, 0.1) is 13.2 Å². The molecule has 1 aromatic carbocycles. The summed E-state index contributed by atoms with van der Waals surface area (Å²) in [5, 5.41) is 0. The summed E-state index contributed by atoms with van der Waals surface area (Å²) in [6.45, 7) is 8.61. The average molecular weight is 431 g/mol. The Morgan fingerprint density at radius 3 is 2.83 bits per heavy atom. The van der Waals surface area contributed by atoms with Crippen molar-refractivity contribution >= 4 is 29.9 Å². The van der Waals surface area contributed by atoms with Crippen molar-refractivity contribution in [3.8, 4) is 0 Å². The highest BCUT2D eigenvalue weighted by Crippen LogP contribution is 2.15. The number of nitrogens with zero attached hydrogens (tertiary/aromatic N) is 2. The fourth-order valence-corrected chi connectivity index (χ4v) is 2.75. The van der Waals surface area contributed by atoms with Gasteiger partial charge in [0.15, 0.2) is 5.96 Å². The first-order valence-corrected chi connectivity index (χ1v) is 8.31. The molecule has 0 aliphatic carbocycles. The van der Waals surface area contributed by atoms with Gasteiger partial charge in [-0.3, -0.25) is 4.99 Å². The number of aliphatic imine (C=N–C) groups is 1. The zero-order chi connectivity index (χ0) is 15.8. The standard InChI is InChI=1S/C18H29N3O.HI/c1-15-7-6-10-21(12-15)18(19)20-11-16(2)13-22-14-17-8-4-3-5-9-17;/h3-5,8-9,15-16H,6-7,10-14H2,1-2H3,(H2,19,20);1H. The summed E-state index contributed by atoms with van der Waals surface area (Å²) in [7, 11) is 0. The summed E-state index contributed by atoms with van der Waals surface area (Å²) >= 11 is 0. The summed E-state index contributed by atoms with van der Waals surface area (Å²) in [5.74, 6) is 1.79. The number of benzene rings is 1. The molecular formula is C18H30IN3O. The maximum atomic E-state index is 6.11. The SMILES string of the molecule is CC(CN=C(N)N1CCCC(C)C1)COCc1ccccc1.I. The van der Waals surface area contributed by atoms with Crippen LogP contribution >= 0.6 is 24.0 Å². The van der Waals surface area contributed by atoms with Crippen molar-refractivity contribution in [2.45, 2.75) is 33.3 Å². The van der Waals surface area contributed by atoms with Gasteiger partial charge >= 0.3 is 0 Å². The maximum Gasteiger partial charge on any atom is 0.191 e. The molecule has 0 aromatic heterocycles. The zero-order valence-corrected chi connectivity index (χ0v) is 16.6. The number of hydrogen-bond acceptors (Lipinski definition) is 2. The lowest BCUT2D eigenvalue weighted by molar-refractivity contribution is 0.0944. The van der Waals surface area contributed by atoms with E-state index >= 15 is 0 Å². The number of halogens is 1. The van der Waals surface area contributed by atoms with Crippen molar-refractivity contribution in [3.63, 3.8) is 0 Å². The second-order valence-corrected chi connectivity index (χ2v) is 6.50. The van der Waals surface area contributed by atoms with E-state index in [0.717, 1.165) is 19.6 Å². The second-order valence-electron chi connectivity index (χ2n) is 6.50. The van der Waals surface area contributed by atoms with Crippen molar-refractivity contribution in [1.82, 2.24) is 4.90 Å².